The summed E-state index contributed by atoms with van der Waals surface area (Å²) in [6.07, 6.45) is 0. The van der Waals surface area contributed by atoms with Gasteiger partial charge >= 0.3 is 5.97 Å². The Kier molecular flexibility index (Phi) is 6.35. The van der Waals surface area contributed by atoms with E-state index in [2.05, 4.69) is 24.8 Å². The SMILES string of the molecule is CO/N=C(\C(=O)N[C@@H]1C(=O)N2C(C(=O)O)=C(Sc3nc4ccccc4s3)CS[C@H]12)c1nsc(N)n1. The summed E-state index contributed by atoms with van der Waals surface area (Å²) in [6, 6.07) is 6.67. The molecule has 2 amide bonds. The van der Waals surface area contributed by atoms with Gasteiger partial charge in [-0.2, -0.15) is 9.36 Å². The smallest absolute Gasteiger partial charge is 0.353 e. The molecule has 0 radical (unpaired) electrons. The Hall–Kier alpha value is -3.21. The normalized spacial score (nSPS) is 20.0. The first kappa shape index (κ1) is 23.5. The molecule has 2 aliphatic rings. The number of β-lactam (4-membered cyclic amide) rings is 1. The number of benzene rings is 1. The molecule has 1 saturated heterocycles. The number of carboxylic acid groups (broad SMARTS) is 1. The predicted molar refractivity (Wildman–Crippen MR) is 133 cm³/mol. The quantitative estimate of drug-likeness (QED) is 0.222. The molecule has 0 bridgehead atoms. The van der Waals surface area contributed by atoms with E-state index in [0.717, 1.165) is 21.7 Å². The number of hydrogen-bond donors (Lipinski definition) is 3. The molecule has 2 aliphatic heterocycles. The van der Waals surface area contributed by atoms with Crippen LogP contribution in [0.2, 0.25) is 0 Å². The van der Waals surface area contributed by atoms with Gasteiger partial charge in [0.2, 0.25) is 11.5 Å². The summed E-state index contributed by atoms with van der Waals surface area (Å²) in [5.74, 6) is -2.20. The van der Waals surface area contributed by atoms with Crippen LogP contribution in [-0.4, -0.2) is 72.1 Å². The largest absolute Gasteiger partial charge is 0.477 e. The number of anilines is 1. The zero-order valence-electron chi connectivity index (χ0n) is 17.7. The summed E-state index contributed by atoms with van der Waals surface area (Å²) < 4.78 is 5.62. The lowest BCUT2D eigenvalue weighted by Gasteiger charge is -2.49. The fourth-order valence-corrected chi connectivity index (χ4v) is 7.63. The second kappa shape index (κ2) is 9.44. The third-order valence-corrected chi connectivity index (χ3v) is 9.14. The number of thioether (sulfide) groups is 2. The molecule has 0 unspecified atom stereocenters. The van der Waals surface area contributed by atoms with Gasteiger partial charge in [-0.1, -0.05) is 29.1 Å². The summed E-state index contributed by atoms with van der Waals surface area (Å²) in [6.45, 7) is 0. The minimum atomic E-state index is -1.22. The van der Waals surface area contributed by atoms with Crippen molar-refractivity contribution in [2.45, 2.75) is 15.8 Å². The van der Waals surface area contributed by atoms with Crippen LogP contribution in [0.15, 0.2) is 44.4 Å². The van der Waals surface area contributed by atoms with E-state index < -0.39 is 29.2 Å². The van der Waals surface area contributed by atoms with Gasteiger partial charge < -0.3 is 21.0 Å². The lowest BCUT2D eigenvalue weighted by Crippen LogP contribution is -2.71. The van der Waals surface area contributed by atoms with Crippen molar-refractivity contribution in [3.05, 3.63) is 40.7 Å². The third kappa shape index (κ3) is 4.33. The Morgan fingerprint density at radius 1 is 1.34 bits per heavy atom. The first-order chi connectivity index (χ1) is 16.9. The highest BCUT2D eigenvalue weighted by Crippen LogP contribution is 2.46. The van der Waals surface area contributed by atoms with Crippen LogP contribution >= 0.6 is 46.4 Å². The van der Waals surface area contributed by atoms with Crippen LogP contribution in [0, 0.1) is 0 Å². The third-order valence-electron chi connectivity index (χ3n) is 4.96. The van der Waals surface area contributed by atoms with E-state index in [0.29, 0.717) is 15.0 Å². The summed E-state index contributed by atoms with van der Waals surface area (Å²) >= 11 is 4.92. The summed E-state index contributed by atoms with van der Waals surface area (Å²) in [5, 5.41) is 15.7. The van der Waals surface area contributed by atoms with Crippen molar-refractivity contribution in [3.8, 4) is 0 Å². The minimum absolute atomic E-state index is 0.0348. The van der Waals surface area contributed by atoms with Crippen LogP contribution in [0.4, 0.5) is 5.13 Å². The second-order valence-corrected chi connectivity index (χ2v) is 11.3. The van der Waals surface area contributed by atoms with E-state index >= 15 is 0 Å². The van der Waals surface area contributed by atoms with Crippen LogP contribution in [0.25, 0.3) is 10.2 Å². The number of fused-ring (bicyclic) bond motifs is 2. The average molecular weight is 550 g/mol. The van der Waals surface area contributed by atoms with Gasteiger partial charge in [-0.15, -0.1) is 23.1 Å². The molecule has 0 saturated carbocycles. The van der Waals surface area contributed by atoms with E-state index in [1.807, 2.05) is 24.3 Å². The van der Waals surface area contributed by atoms with Crippen LogP contribution in [0.1, 0.15) is 5.82 Å². The summed E-state index contributed by atoms with van der Waals surface area (Å²) in [4.78, 5) is 52.8. The molecule has 35 heavy (non-hydrogen) atoms. The van der Waals surface area contributed by atoms with Gasteiger partial charge in [0.25, 0.3) is 11.8 Å². The predicted octanol–water partition coefficient (Wildman–Crippen LogP) is 1.57. The molecule has 180 valence electrons. The zero-order chi connectivity index (χ0) is 24.7. The van der Waals surface area contributed by atoms with Crippen molar-refractivity contribution in [2.24, 2.45) is 5.16 Å². The molecule has 4 N–H and O–H groups in total. The Bertz CT molecular complexity index is 1380. The molecule has 0 spiro atoms. The molecular formula is C19H15N7O5S4. The van der Waals surface area contributed by atoms with E-state index in [1.54, 1.807) is 0 Å². The first-order valence-corrected chi connectivity index (χ1v) is 13.3. The van der Waals surface area contributed by atoms with Crippen LogP contribution in [0.5, 0.6) is 0 Å². The maximum absolute atomic E-state index is 13.0. The number of carboxylic acids is 1. The number of nitrogen functional groups attached to an aromatic ring is 1. The maximum atomic E-state index is 13.0. The number of nitrogens with two attached hydrogens (primary N) is 1. The van der Waals surface area contributed by atoms with Gasteiger partial charge in [0, 0.05) is 22.2 Å². The number of nitrogens with zero attached hydrogens (tertiary/aromatic N) is 5. The van der Waals surface area contributed by atoms with Crippen molar-refractivity contribution in [3.63, 3.8) is 0 Å². The zero-order valence-corrected chi connectivity index (χ0v) is 21.0. The number of thiazole rings is 1. The topological polar surface area (TPSA) is 173 Å². The molecule has 4 heterocycles. The Labute approximate surface area is 213 Å². The number of carbonyl (C=O) groups excluding carboxylic acids is 2. The molecule has 3 aromatic rings. The summed E-state index contributed by atoms with van der Waals surface area (Å²) in [7, 11) is 1.25. The first-order valence-electron chi connectivity index (χ1n) is 9.83. The Balaban J connectivity index is 1.36. The number of aliphatic carboxylic acids is 1. The number of hydrogen-bond acceptors (Lipinski definition) is 13. The second-order valence-electron chi connectivity index (χ2n) is 7.07. The lowest BCUT2D eigenvalue weighted by atomic mass is 10.0. The average Bonchev–Trinajstić information content (AvgIpc) is 3.45. The minimum Gasteiger partial charge on any atom is -0.477 e. The number of nitrogens with one attached hydrogen (secondary N) is 1. The van der Waals surface area contributed by atoms with Crippen LogP contribution in [-0.2, 0) is 19.2 Å². The number of rotatable bonds is 7. The van der Waals surface area contributed by atoms with Crippen molar-refractivity contribution < 1.29 is 24.3 Å². The van der Waals surface area contributed by atoms with Crippen molar-refractivity contribution in [2.75, 3.05) is 18.6 Å². The van der Waals surface area contributed by atoms with E-state index in [9.17, 15) is 19.5 Å². The van der Waals surface area contributed by atoms with Gasteiger partial charge in [-0.05, 0) is 12.1 Å². The highest BCUT2D eigenvalue weighted by molar-refractivity contribution is 8.07. The van der Waals surface area contributed by atoms with Crippen molar-refractivity contribution in [1.82, 2.24) is 24.6 Å². The Morgan fingerprint density at radius 2 is 2.14 bits per heavy atom. The molecule has 12 nitrogen and oxygen atoms in total. The number of carbonyl (C=O) groups is 3. The van der Waals surface area contributed by atoms with Gasteiger partial charge in [0.1, 0.15) is 24.2 Å². The molecule has 2 atom stereocenters. The lowest BCUT2D eigenvalue weighted by molar-refractivity contribution is -0.150. The number of para-hydroxylation sites is 1. The van der Waals surface area contributed by atoms with Gasteiger partial charge in [-0.25, -0.2) is 9.78 Å². The number of aromatic nitrogens is 3. The van der Waals surface area contributed by atoms with Gasteiger partial charge in [0.15, 0.2) is 9.47 Å². The number of amides is 2. The fourth-order valence-electron chi connectivity index (χ4n) is 3.49. The standard InChI is InChI=1S/C19H15N7O5S4/c1-31-24-10(13-23-18(20)35-25-13)14(27)22-11-15(28)26-12(17(29)30)9(6-32-16(11)26)34-19-21-7-4-2-3-5-8(7)33-19/h2-5,11,16H,6H2,1H3,(H,22,27)(H,29,30)(H2,20,23,25)/b24-10-/t11-,16-/m1/s1. The highest BCUT2D eigenvalue weighted by atomic mass is 32.2. The van der Waals surface area contributed by atoms with E-state index in [1.165, 1.54) is 46.9 Å². The Morgan fingerprint density at radius 3 is 2.83 bits per heavy atom. The molecule has 1 fully saturated rings. The van der Waals surface area contributed by atoms with E-state index in [4.69, 9.17) is 10.6 Å². The molecular weight excluding hydrogens is 535 g/mol. The molecule has 0 aliphatic carbocycles. The monoisotopic (exact) mass is 549 g/mol. The van der Waals surface area contributed by atoms with Gasteiger partial charge in [-0.3, -0.25) is 14.5 Å². The van der Waals surface area contributed by atoms with Crippen LogP contribution in [0.3, 0.4) is 0 Å². The molecule has 2 aromatic heterocycles. The van der Waals surface area contributed by atoms with Crippen molar-refractivity contribution >= 4 is 85.2 Å². The summed E-state index contributed by atoms with van der Waals surface area (Å²) in [5.41, 5.74) is 6.06. The van der Waals surface area contributed by atoms with Crippen molar-refractivity contribution in [1.29, 1.82) is 0 Å². The highest BCUT2D eigenvalue weighted by Gasteiger charge is 2.54. The molecule has 1 aromatic carbocycles. The van der Waals surface area contributed by atoms with E-state index in [-0.39, 0.29) is 22.4 Å². The van der Waals surface area contributed by atoms with Crippen LogP contribution < -0.4 is 11.1 Å². The van der Waals surface area contributed by atoms with Gasteiger partial charge in [0.05, 0.1) is 10.2 Å². The fraction of sp³-hybridized carbons (Fsp3) is 0.211. The maximum Gasteiger partial charge on any atom is 0.353 e. The number of oxime groups is 1. The molecule has 5 rings (SSSR count). The molecule has 16 heteroatoms.